The number of phenolic OH excluding ortho intramolecular Hbond substituents is 1. The van der Waals surface area contributed by atoms with Gasteiger partial charge in [-0.3, -0.25) is 0 Å². The van der Waals surface area contributed by atoms with Gasteiger partial charge in [-0.2, -0.15) is 0 Å². The number of aromatic hydroxyl groups is 1. The van der Waals surface area contributed by atoms with E-state index in [4.69, 9.17) is 26.3 Å². The first-order valence-electron chi connectivity index (χ1n) is 4.52. The summed E-state index contributed by atoms with van der Waals surface area (Å²) in [4.78, 5) is 0. The van der Waals surface area contributed by atoms with Crippen molar-refractivity contribution >= 4 is 29.7 Å². The molecule has 4 nitrogen and oxygen atoms in total. The van der Waals surface area contributed by atoms with E-state index in [0.29, 0.717) is 5.39 Å². The number of fused-ring (bicyclic) bond motifs is 1. The molecular formula is C10H8BClO4. The Kier molecular flexibility index (Phi) is 2.91. The number of hydrogen-bond acceptors (Lipinski definition) is 4. The lowest BCUT2D eigenvalue weighted by Crippen LogP contribution is -2.20. The maximum atomic E-state index is 9.67. The van der Waals surface area contributed by atoms with Gasteiger partial charge < -0.3 is 19.8 Å². The summed E-state index contributed by atoms with van der Waals surface area (Å²) in [6.07, 6.45) is 0. The van der Waals surface area contributed by atoms with Crippen molar-refractivity contribution in [1.29, 1.82) is 0 Å². The van der Waals surface area contributed by atoms with Crippen molar-refractivity contribution in [2.45, 2.75) is 0 Å². The van der Waals surface area contributed by atoms with Crippen LogP contribution in [0, 0.1) is 0 Å². The van der Waals surface area contributed by atoms with Crippen LogP contribution in [0.25, 0.3) is 10.8 Å². The third-order valence-electron chi connectivity index (χ3n) is 2.15. The van der Waals surface area contributed by atoms with Crippen molar-refractivity contribution in [3.05, 3.63) is 35.4 Å². The van der Waals surface area contributed by atoms with Gasteiger partial charge in [0, 0.05) is 5.39 Å². The molecule has 0 aliphatic carbocycles. The van der Waals surface area contributed by atoms with Crippen LogP contribution in [0.1, 0.15) is 0 Å². The van der Waals surface area contributed by atoms with Crippen LogP contribution in [0.15, 0.2) is 30.3 Å². The zero-order valence-electron chi connectivity index (χ0n) is 8.09. The Bertz CT molecular complexity index is 529. The first-order valence-corrected chi connectivity index (χ1v) is 4.90. The van der Waals surface area contributed by atoms with E-state index in [-0.39, 0.29) is 16.5 Å². The fourth-order valence-corrected chi connectivity index (χ4v) is 1.70. The zero-order valence-corrected chi connectivity index (χ0v) is 8.85. The van der Waals surface area contributed by atoms with E-state index in [1.54, 1.807) is 30.3 Å². The highest BCUT2D eigenvalue weighted by atomic mass is 35.5. The van der Waals surface area contributed by atoms with Gasteiger partial charge in [-0.15, -0.1) is 0 Å². The first kappa shape index (κ1) is 11.1. The topological polar surface area (TPSA) is 69.9 Å². The maximum Gasteiger partial charge on any atom is 0.707 e. The predicted octanol–water partition coefficient (Wildman–Crippen LogP) is 1.55. The lowest BCUT2D eigenvalue weighted by atomic mass is 10.1. The van der Waals surface area contributed by atoms with E-state index in [9.17, 15) is 5.11 Å². The molecule has 2 rings (SSSR count). The van der Waals surface area contributed by atoms with Gasteiger partial charge in [0.15, 0.2) is 11.5 Å². The van der Waals surface area contributed by atoms with Gasteiger partial charge in [-0.05, 0) is 11.5 Å². The summed E-state index contributed by atoms with van der Waals surface area (Å²) in [6, 6.07) is 8.57. The van der Waals surface area contributed by atoms with Crippen molar-refractivity contribution in [3.8, 4) is 11.5 Å². The molecule has 6 heteroatoms. The van der Waals surface area contributed by atoms with Gasteiger partial charge in [-0.1, -0.05) is 35.9 Å². The monoisotopic (exact) mass is 238 g/mol. The average molecular weight is 238 g/mol. The summed E-state index contributed by atoms with van der Waals surface area (Å²) in [6.45, 7) is 0. The maximum absolute atomic E-state index is 9.67. The molecule has 0 aliphatic heterocycles. The minimum Gasteiger partial charge on any atom is -0.509 e. The second kappa shape index (κ2) is 4.21. The first-order chi connectivity index (χ1) is 7.59. The van der Waals surface area contributed by atoms with Crippen molar-refractivity contribution in [1.82, 2.24) is 0 Å². The summed E-state index contributed by atoms with van der Waals surface area (Å²) in [5.74, 6) is -0.355. The smallest absolute Gasteiger partial charge is 0.509 e. The van der Waals surface area contributed by atoms with Crippen molar-refractivity contribution in [3.63, 3.8) is 0 Å². The second-order valence-electron chi connectivity index (χ2n) is 3.20. The Morgan fingerprint density at radius 1 is 1.19 bits per heavy atom. The van der Waals surface area contributed by atoms with E-state index in [0.717, 1.165) is 5.39 Å². The average Bonchev–Trinajstić information content (AvgIpc) is 2.24. The highest BCUT2D eigenvalue weighted by Crippen LogP contribution is 2.40. The summed E-state index contributed by atoms with van der Waals surface area (Å²) in [7, 11) is -2.01. The molecule has 0 aromatic heterocycles. The standard InChI is InChI=1S/C10H8BClO4/c12-8-5-6-3-1-2-4-7(6)10(9(8)13)16-11(14)15/h1-5,13-15H. The molecule has 0 atom stereocenters. The Morgan fingerprint density at radius 3 is 2.56 bits per heavy atom. The molecule has 0 fully saturated rings. The zero-order chi connectivity index (χ0) is 11.7. The lowest BCUT2D eigenvalue weighted by Gasteiger charge is -2.11. The van der Waals surface area contributed by atoms with Crippen LogP contribution in [-0.4, -0.2) is 22.5 Å². The molecule has 0 saturated heterocycles. The van der Waals surface area contributed by atoms with Crippen LogP contribution >= 0.6 is 11.6 Å². The van der Waals surface area contributed by atoms with Gasteiger partial charge >= 0.3 is 7.32 Å². The van der Waals surface area contributed by atoms with E-state index in [1.807, 2.05) is 0 Å². The van der Waals surface area contributed by atoms with Gasteiger partial charge in [-0.25, -0.2) is 0 Å². The fourth-order valence-electron chi connectivity index (χ4n) is 1.50. The number of rotatable bonds is 2. The lowest BCUT2D eigenvalue weighted by molar-refractivity contribution is 0.283. The van der Waals surface area contributed by atoms with Crippen molar-refractivity contribution < 1.29 is 19.8 Å². The SMILES string of the molecule is OB(O)Oc1c(O)c(Cl)cc2ccccc12. The molecule has 16 heavy (non-hydrogen) atoms. The number of halogens is 1. The van der Waals surface area contributed by atoms with Gasteiger partial charge in [0.25, 0.3) is 0 Å². The van der Waals surface area contributed by atoms with Crippen LogP contribution in [0.3, 0.4) is 0 Å². The molecular weight excluding hydrogens is 230 g/mol. The molecule has 0 amide bonds. The van der Waals surface area contributed by atoms with E-state index < -0.39 is 7.32 Å². The van der Waals surface area contributed by atoms with Crippen molar-refractivity contribution in [2.24, 2.45) is 0 Å². The molecule has 0 aliphatic rings. The van der Waals surface area contributed by atoms with Crippen LogP contribution in [0.5, 0.6) is 11.5 Å². The number of phenols is 1. The molecule has 2 aromatic rings. The Morgan fingerprint density at radius 2 is 1.88 bits per heavy atom. The van der Waals surface area contributed by atoms with E-state index in [1.165, 1.54) is 0 Å². The van der Waals surface area contributed by atoms with Crippen LogP contribution < -0.4 is 4.65 Å². The van der Waals surface area contributed by atoms with E-state index in [2.05, 4.69) is 0 Å². The Balaban J connectivity index is 2.71. The number of benzene rings is 2. The normalized spacial score (nSPS) is 10.4. The largest absolute Gasteiger partial charge is 0.707 e. The molecule has 2 aromatic carbocycles. The van der Waals surface area contributed by atoms with Gasteiger partial charge in [0.1, 0.15) is 0 Å². The third kappa shape index (κ3) is 1.93. The Labute approximate surface area is 96.8 Å². The third-order valence-corrected chi connectivity index (χ3v) is 2.44. The summed E-state index contributed by atoms with van der Waals surface area (Å²) >= 11 is 5.78. The molecule has 0 unspecified atom stereocenters. The van der Waals surface area contributed by atoms with E-state index >= 15 is 0 Å². The molecule has 0 saturated carbocycles. The molecule has 82 valence electrons. The van der Waals surface area contributed by atoms with Crippen LogP contribution in [0.2, 0.25) is 5.02 Å². The van der Waals surface area contributed by atoms with Crippen LogP contribution in [0.4, 0.5) is 0 Å². The molecule has 0 bridgehead atoms. The van der Waals surface area contributed by atoms with Crippen LogP contribution in [-0.2, 0) is 0 Å². The predicted molar refractivity (Wildman–Crippen MR) is 61.4 cm³/mol. The highest BCUT2D eigenvalue weighted by molar-refractivity contribution is 6.35. The fraction of sp³-hybridized carbons (Fsp3) is 0. The quantitative estimate of drug-likeness (QED) is 0.694. The van der Waals surface area contributed by atoms with Crippen molar-refractivity contribution in [2.75, 3.05) is 0 Å². The Hall–Kier alpha value is -1.43. The minimum atomic E-state index is -2.01. The second-order valence-corrected chi connectivity index (χ2v) is 3.61. The molecule has 3 N–H and O–H groups in total. The molecule has 0 heterocycles. The molecule has 0 spiro atoms. The number of hydrogen-bond donors (Lipinski definition) is 3. The summed E-state index contributed by atoms with van der Waals surface area (Å²) in [5.41, 5.74) is 0. The van der Waals surface area contributed by atoms with Gasteiger partial charge in [0.05, 0.1) is 5.02 Å². The summed E-state index contributed by atoms with van der Waals surface area (Å²) in [5, 5.41) is 28.6. The highest BCUT2D eigenvalue weighted by Gasteiger charge is 2.19. The van der Waals surface area contributed by atoms with Gasteiger partial charge in [0.2, 0.25) is 0 Å². The summed E-state index contributed by atoms with van der Waals surface area (Å²) < 4.78 is 4.72. The molecule has 0 radical (unpaired) electrons. The minimum absolute atomic E-state index is 0.0434.